The minimum atomic E-state index is -1.60. The number of benzene rings is 1. The van der Waals surface area contributed by atoms with Gasteiger partial charge in [0, 0.05) is 23.9 Å². The van der Waals surface area contributed by atoms with E-state index in [1.54, 1.807) is 0 Å². The molecule has 1 unspecified atom stereocenters. The number of aliphatic hydroxyl groups is 4. The molecule has 2 aliphatic heterocycles. The molecule has 3 fully saturated rings. The quantitative estimate of drug-likeness (QED) is 0.417. The summed E-state index contributed by atoms with van der Waals surface area (Å²) >= 11 is 1.26. The van der Waals surface area contributed by atoms with Crippen LogP contribution in [0.5, 0.6) is 0 Å². The third kappa shape index (κ3) is 4.37. The first-order chi connectivity index (χ1) is 16.7. The van der Waals surface area contributed by atoms with Crippen molar-refractivity contribution in [3.05, 3.63) is 35.8 Å². The summed E-state index contributed by atoms with van der Waals surface area (Å²) in [6, 6.07) is 0.443. The summed E-state index contributed by atoms with van der Waals surface area (Å²) in [5.74, 6) is -4.38. The largest absolute Gasteiger partial charge is 0.394 e. The molecule has 0 spiro atoms. The van der Waals surface area contributed by atoms with Gasteiger partial charge in [-0.2, -0.15) is 0 Å². The molecule has 0 amide bonds. The molecule has 2 aromatic rings. The summed E-state index contributed by atoms with van der Waals surface area (Å²) in [6.07, 6.45) is 0.705. The fourth-order valence-corrected chi connectivity index (χ4v) is 6.74. The molecule has 7 atom stereocenters. The van der Waals surface area contributed by atoms with Crippen LogP contribution in [-0.2, 0) is 4.74 Å². The zero-order valence-corrected chi connectivity index (χ0v) is 19.5. The Bertz CT molecular complexity index is 1050. The zero-order valence-electron chi connectivity index (χ0n) is 18.7. The first kappa shape index (κ1) is 24.9. The van der Waals surface area contributed by atoms with Crippen molar-refractivity contribution in [3.63, 3.8) is 0 Å². The van der Waals surface area contributed by atoms with Crippen molar-refractivity contribution in [3.8, 4) is 11.3 Å². The average Bonchev–Trinajstić information content (AvgIpc) is 3.40. The number of rotatable bonds is 6. The number of thioether (sulfide) groups is 1. The number of aliphatic hydroxyl groups excluding tert-OH is 3. The van der Waals surface area contributed by atoms with E-state index in [9.17, 15) is 33.6 Å². The summed E-state index contributed by atoms with van der Waals surface area (Å²) < 4.78 is 47.7. The van der Waals surface area contributed by atoms with E-state index < -0.39 is 59.6 Å². The standard InChI is InChI=1S/C22H27F3N4O5S/c23-12-7-11(8-13(24)17(12)25)14-9-29(27-26-14)18-19(31)15(10-30)34-21(20(18)32)35-16-3-1-4-22(16,33)28-5-2-6-28/h7-9,15-16,18-21,30-33H,1-6,10H2/t15-,16?,18+,19+,20-,21+,22+/m1/s1. The second-order valence-electron chi connectivity index (χ2n) is 9.27. The van der Waals surface area contributed by atoms with E-state index in [0.717, 1.165) is 49.2 Å². The Morgan fingerprint density at radius 2 is 1.83 bits per heavy atom. The molecular formula is C22H27F3N4O5S. The van der Waals surface area contributed by atoms with Crippen molar-refractivity contribution < 1.29 is 38.3 Å². The lowest BCUT2D eigenvalue weighted by Crippen LogP contribution is -2.60. The maximum atomic E-state index is 13.7. The first-order valence-corrected chi connectivity index (χ1v) is 12.5. The maximum Gasteiger partial charge on any atom is 0.194 e. The van der Waals surface area contributed by atoms with Gasteiger partial charge >= 0.3 is 0 Å². The Hall–Kier alpha value is -1.74. The van der Waals surface area contributed by atoms with Crippen LogP contribution in [0.25, 0.3) is 11.3 Å². The summed E-state index contributed by atoms with van der Waals surface area (Å²) in [4.78, 5) is 2.02. The van der Waals surface area contributed by atoms with E-state index in [2.05, 4.69) is 10.3 Å². The van der Waals surface area contributed by atoms with Crippen molar-refractivity contribution in [2.75, 3.05) is 19.7 Å². The summed E-state index contributed by atoms with van der Waals surface area (Å²) in [6.45, 7) is 1.07. The van der Waals surface area contributed by atoms with E-state index in [4.69, 9.17) is 4.74 Å². The van der Waals surface area contributed by atoms with Gasteiger partial charge in [-0.25, -0.2) is 17.9 Å². The van der Waals surface area contributed by atoms with Gasteiger partial charge in [0.05, 0.1) is 12.8 Å². The van der Waals surface area contributed by atoms with Gasteiger partial charge in [-0.15, -0.1) is 16.9 Å². The molecule has 1 aliphatic carbocycles. The Balaban J connectivity index is 1.40. The monoisotopic (exact) mass is 516 g/mol. The normalized spacial score (nSPS) is 35.9. The lowest BCUT2D eigenvalue weighted by Gasteiger charge is -2.48. The van der Waals surface area contributed by atoms with Crippen LogP contribution in [0.3, 0.4) is 0 Å². The van der Waals surface area contributed by atoms with Crippen molar-refractivity contribution in [2.24, 2.45) is 0 Å². The van der Waals surface area contributed by atoms with Crippen molar-refractivity contribution in [2.45, 2.75) is 66.4 Å². The van der Waals surface area contributed by atoms with Crippen LogP contribution in [0.2, 0.25) is 0 Å². The van der Waals surface area contributed by atoms with Crippen molar-refractivity contribution in [1.82, 2.24) is 19.9 Å². The van der Waals surface area contributed by atoms with Crippen LogP contribution < -0.4 is 0 Å². The van der Waals surface area contributed by atoms with Crippen LogP contribution in [0, 0.1) is 17.5 Å². The third-order valence-electron chi connectivity index (χ3n) is 7.17. The molecule has 35 heavy (non-hydrogen) atoms. The van der Waals surface area contributed by atoms with E-state index >= 15 is 0 Å². The molecule has 2 saturated heterocycles. The van der Waals surface area contributed by atoms with E-state index in [-0.39, 0.29) is 16.5 Å². The van der Waals surface area contributed by atoms with Gasteiger partial charge in [-0.1, -0.05) is 5.21 Å². The lowest BCUT2D eigenvalue weighted by atomic mass is 9.97. The highest BCUT2D eigenvalue weighted by Gasteiger charge is 2.52. The molecule has 3 aliphatic rings. The summed E-state index contributed by atoms with van der Waals surface area (Å²) in [5, 5.41) is 50.6. The molecule has 0 radical (unpaired) electrons. The van der Waals surface area contributed by atoms with Crippen LogP contribution in [0.15, 0.2) is 18.3 Å². The fraction of sp³-hybridized carbons (Fsp3) is 0.636. The van der Waals surface area contributed by atoms with Gasteiger partial charge in [0.25, 0.3) is 0 Å². The number of hydrogen-bond donors (Lipinski definition) is 4. The Morgan fingerprint density at radius 1 is 1.11 bits per heavy atom. The number of aromatic nitrogens is 3. The second kappa shape index (κ2) is 9.61. The minimum absolute atomic E-state index is 0.00129. The highest BCUT2D eigenvalue weighted by atomic mass is 32.2. The molecule has 4 N–H and O–H groups in total. The van der Waals surface area contributed by atoms with Gasteiger partial charge in [0.1, 0.15) is 41.2 Å². The number of nitrogens with zero attached hydrogens (tertiary/aromatic N) is 4. The second-order valence-corrected chi connectivity index (χ2v) is 10.6. The molecule has 3 heterocycles. The average molecular weight is 517 g/mol. The molecule has 9 nitrogen and oxygen atoms in total. The van der Waals surface area contributed by atoms with Crippen LogP contribution in [0.4, 0.5) is 13.2 Å². The third-order valence-corrected chi connectivity index (χ3v) is 8.77. The van der Waals surface area contributed by atoms with Crippen LogP contribution >= 0.6 is 11.8 Å². The zero-order chi connectivity index (χ0) is 24.9. The predicted octanol–water partition coefficient (Wildman–Crippen LogP) is 1.02. The van der Waals surface area contributed by atoms with Gasteiger partial charge in [-0.3, -0.25) is 4.90 Å². The lowest BCUT2D eigenvalue weighted by molar-refractivity contribution is -0.179. The molecule has 13 heteroatoms. The topological polar surface area (TPSA) is 124 Å². The fourth-order valence-electron chi connectivity index (χ4n) is 5.09. The number of halogens is 3. The molecule has 1 aromatic heterocycles. The van der Waals surface area contributed by atoms with Crippen LogP contribution in [0.1, 0.15) is 31.7 Å². The summed E-state index contributed by atoms with van der Waals surface area (Å²) in [5.41, 5.74) is -1.98. The Kier molecular flexibility index (Phi) is 6.85. The highest BCUT2D eigenvalue weighted by Crippen LogP contribution is 2.47. The Morgan fingerprint density at radius 3 is 2.46 bits per heavy atom. The van der Waals surface area contributed by atoms with E-state index in [1.807, 2.05) is 4.90 Å². The SMILES string of the molecule is OC[C@H]1O[C@@H](SC2CCC[C@@]2(O)N2CCC2)[C@H](O)[C@@H](n2cc(-c3cc(F)c(F)c(F)c3)nn2)[C@H]1O. The first-order valence-electron chi connectivity index (χ1n) is 11.5. The summed E-state index contributed by atoms with van der Waals surface area (Å²) in [7, 11) is 0. The van der Waals surface area contributed by atoms with E-state index in [1.165, 1.54) is 18.0 Å². The molecule has 0 bridgehead atoms. The van der Waals surface area contributed by atoms with Crippen LogP contribution in [-0.4, -0.2) is 94.7 Å². The maximum absolute atomic E-state index is 13.7. The van der Waals surface area contributed by atoms with E-state index in [0.29, 0.717) is 6.42 Å². The molecular weight excluding hydrogens is 489 g/mol. The van der Waals surface area contributed by atoms with Crippen molar-refractivity contribution >= 4 is 11.8 Å². The van der Waals surface area contributed by atoms with Gasteiger partial charge < -0.3 is 25.2 Å². The molecule has 192 valence electrons. The Labute approximate surface area is 203 Å². The molecule has 5 rings (SSSR count). The predicted molar refractivity (Wildman–Crippen MR) is 118 cm³/mol. The molecule has 1 saturated carbocycles. The number of likely N-dealkylation sites (tertiary alicyclic amines) is 1. The van der Waals surface area contributed by atoms with Gasteiger partial charge in [0.15, 0.2) is 17.5 Å². The highest BCUT2D eigenvalue weighted by molar-refractivity contribution is 8.00. The molecule has 1 aromatic carbocycles. The minimum Gasteiger partial charge on any atom is -0.394 e. The smallest absolute Gasteiger partial charge is 0.194 e. The number of hydrogen-bond acceptors (Lipinski definition) is 9. The van der Waals surface area contributed by atoms with Gasteiger partial charge in [-0.05, 0) is 37.8 Å². The van der Waals surface area contributed by atoms with Gasteiger partial charge in [0.2, 0.25) is 0 Å². The van der Waals surface area contributed by atoms with Crippen molar-refractivity contribution in [1.29, 1.82) is 0 Å². The number of ether oxygens (including phenoxy) is 1.